The zero-order chi connectivity index (χ0) is 9.80. The minimum Gasteiger partial charge on any atom is -0.395 e. The summed E-state index contributed by atoms with van der Waals surface area (Å²) in [5, 5.41) is 16.7. The van der Waals surface area contributed by atoms with Gasteiger partial charge >= 0.3 is 0 Å². The molecular weight excluding hydrogens is 178 g/mol. The largest absolute Gasteiger partial charge is 0.395 e. The van der Waals surface area contributed by atoms with E-state index in [-0.39, 0.29) is 12.6 Å². The third kappa shape index (κ3) is 2.82. The predicted molar refractivity (Wildman–Crippen MR) is 53.9 cm³/mol. The van der Waals surface area contributed by atoms with Crippen LogP contribution in [0.5, 0.6) is 0 Å². The first-order valence-electron chi connectivity index (χ1n) is 5.23. The first kappa shape index (κ1) is 9.68. The number of aryl methyl sites for hydroxylation is 1. The van der Waals surface area contributed by atoms with Gasteiger partial charge in [-0.15, -0.1) is 0 Å². The van der Waals surface area contributed by atoms with Crippen LogP contribution in [0.4, 0.5) is 0 Å². The van der Waals surface area contributed by atoms with Gasteiger partial charge in [0.2, 0.25) is 0 Å². The minimum absolute atomic E-state index is 0.220. The summed E-state index contributed by atoms with van der Waals surface area (Å²) in [6.07, 6.45) is 7.19. The number of hydrogen-bond acceptors (Lipinski definition) is 3. The molecule has 0 amide bonds. The quantitative estimate of drug-likeness (QED) is 0.690. The lowest BCUT2D eigenvalue weighted by Crippen LogP contribution is -2.35. The third-order valence-electron chi connectivity index (χ3n) is 2.53. The van der Waals surface area contributed by atoms with Crippen LogP contribution in [0.3, 0.4) is 0 Å². The second kappa shape index (κ2) is 4.57. The van der Waals surface area contributed by atoms with E-state index in [1.807, 2.05) is 16.9 Å². The van der Waals surface area contributed by atoms with Gasteiger partial charge in [0.25, 0.3) is 0 Å². The molecule has 4 nitrogen and oxygen atoms in total. The molecule has 1 heterocycles. The molecule has 0 aromatic carbocycles. The maximum atomic E-state index is 9.14. The predicted octanol–water partition coefficient (Wildman–Crippen LogP) is 0.386. The number of nitrogens with one attached hydrogen (secondary N) is 1. The van der Waals surface area contributed by atoms with Crippen LogP contribution >= 0.6 is 0 Å². The molecule has 1 aliphatic rings. The smallest absolute Gasteiger partial charge is 0.0585 e. The van der Waals surface area contributed by atoms with Crippen LogP contribution in [-0.2, 0) is 6.54 Å². The van der Waals surface area contributed by atoms with Gasteiger partial charge in [-0.25, -0.2) is 0 Å². The van der Waals surface area contributed by atoms with Crippen LogP contribution in [0.1, 0.15) is 19.3 Å². The maximum absolute atomic E-state index is 9.14. The van der Waals surface area contributed by atoms with Crippen LogP contribution in [0.15, 0.2) is 18.5 Å². The van der Waals surface area contributed by atoms with Gasteiger partial charge < -0.3 is 10.4 Å². The molecule has 1 aromatic heterocycles. The van der Waals surface area contributed by atoms with E-state index in [1.165, 1.54) is 12.8 Å². The molecular formula is C10H17N3O. The van der Waals surface area contributed by atoms with Crippen LogP contribution in [0, 0.1) is 0 Å². The number of hydrogen-bond donors (Lipinski definition) is 2. The van der Waals surface area contributed by atoms with Crippen molar-refractivity contribution in [2.75, 3.05) is 6.61 Å². The SMILES string of the molecule is OCC(CCn1cccn1)NC1CC1. The summed E-state index contributed by atoms with van der Waals surface area (Å²) in [5.41, 5.74) is 0. The fourth-order valence-electron chi connectivity index (χ4n) is 1.53. The molecule has 2 N–H and O–H groups in total. The Balaban J connectivity index is 1.71. The summed E-state index contributed by atoms with van der Waals surface area (Å²) >= 11 is 0. The summed E-state index contributed by atoms with van der Waals surface area (Å²) in [6.45, 7) is 1.09. The summed E-state index contributed by atoms with van der Waals surface area (Å²) in [7, 11) is 0. The molecule has 4 heteroatoms. The topological polar surface area (TPSA) is 50.1 Å². The molecule has 1 aliphatic carbocycles. The Bertz CT molecular complexity index is 256. The Hall–Kier alpha value is -0.870. The molecule has 0 saturated heterocycles. The highest BCUT2D eigenvalue weighted by Crippen LogP contribution is 2.19. The molecule has 1 saturated carbocycles. The number of aliphatic hydroxyl groups is 1. The average Bonchev–Trinajstić information content (AvgIpc) is 2.86. The van der Waals surface area contributed by atoms with Crippen molar-refractivity contribution in [3.05, 3.63) is 18.5 Å². The van der Waals surface area contributed by atoms with Crippen molar-refractivity contribution in [2.24, 2.45) is 0 Å². The lowest BCUT2D eigenvalue weighted by Gasteiger charge is -2.15. The molecule has 78 valence electrons. The van der Waals surface area contributed by atoms with Gasteiger partial charge in [0.05, 0.1) is 6.61 Å². The molecule has 0 spiro atoms. The number of aliphatic hydroxyl groups excluding tert-OH is 1. The first-order chi connectivity index (χ1) is 6.88. The Kier molecular flexibility index (Phi) is 3.16. The van der Waals surface area contributed by atoms with E-state index in [4.69, 9.17) is 5.11 Å². The third-order valence-corrected chi connectivity index (χ3v) is 2.53. The van der Waals surface area contributed by atoms with E-state index < -0.39 is 0 Å². The average molecular weight is 195 g/mol. The Morgan fingerprint density at radius 1 is 1.57 bits per heavy atom. The van der Waals surface area contributed by atoms with Crippen molar-refractivity contribution in [3.8, 4) is 0 Å². The summed E-state index contributed by atoms with van der Waals surface area (Å²) in [4.78, 5) is 0. The number of rotatable bonds is 6. The zero-order valence-electron chi connectivity index (χ0n) is 8.26. The van der Waals surface area contributed by atoms with Gasteiger partial charge in [-0.05, 0) is 25.3 Å². The summed E-state index contributed by atoms with van der Waals surface area (Å²) in [6, 6.07) is 2.80. The molecule has 0 radical (unpaired) electrons. The lowest BCUT2D eigenvalue weighted by atomic mass is 10.2. The van der Waals surface area contributed by atoms with Crippen LogP contribution in [0.2, 0.25) is 0 Å². The lowest BCUT2D eigenvalue weighted by molar-refractivity contribution is 0.229. The highest BCUT2D eigenvalue weighted by atomic mass is 16.3. The van der Waals surface area contributed by atoms with Crippen molar-refractivity contribution in [3.63, 3.8) is 0 Å². The van der Waals surface area contributed by atoms with E-state index in [2.05, 4.69) is 10.4 Å². The Morgan fingerprint density at radius 2 is 2.43 bits per heavy atom. The van der Waals surface area contributed by atoms with Crippen LogP contribution in [0.25, 0.3) is 0 Å². The van der Waals surface area contributed by atoms with E-state index in [0.717, 1.165) is 13.0 Å². The van der Waals surface area contributed by atoms with Gasteiger partial charge in [0.15, 0.2) is 0 Å². The number of nitrogens with zero attached hydrogens (tertiary/aromatic N) is 2. The van der Waals surface area contributed by atoms with Gasteiger partial charge in [-0.3, -0.25) is 4.68 Å². The van der Waals surface area contributed by atoms with Crippen molar-refractivity contribution in [1.82, 2.24) is 15.1 Å². The molecule has 0 bridgehead atoms. The molecule has 1 unspecified atom stereocenters. The van der Waals surface area contributed by atoms with Gasteiger partial charge in [0.1, 0.15) is 0 Å². The van der Waals surface area contributed by atoms with E-state index in [9.17, 15) is 0 Å². The molecule has 1 atom stereocenters. The standard InChI is InChI=1S/C10H17N3O/c14-8-10(12-9-2-3-9)4-7-13-6-1-5-11-13/h1,5-6,9-10,12,14H,2-4,7-8H2. The maximum Gasteiger partial charge on any atom is 0.0585 e. The highest BCUT2D eigenvalue weighted by molar-refractivity contribution is 4.85. The summed E-state index contributed by atoms with van der Waals surface area (Å²) < 4.78 is 1.90. The van der Waals surface area contributed by atoms with Gasteiger partial charge in [0, 0.05) is 31.0 Å². The van der Waals surface area contributed by atoms with Gasteiger partial charge in [-0.1, -0.05) is 0 Å². The second-order valence-corrected chi connectivity index (χ2v) is 3.88. The van der Waals surface area contributed by atoms with Crippen molar-refractivity contribution < 1.29 is 5.11 Å². The molecule has 14 heavy (non-hydrogen) atoms. The number of aromatic nitrogens is 2. The molecule has 2 rings (SSSR count). The van der Waals surface area contributed by atoms with Crippen LogP contribution in [-0.4, -0.2) is 33.6 Å². The molecule has 1 fully saturated rings. The molecule has 1 aromatic rings. The zero-order valence-corrected chi connectivity index (χ0v) is 8.26. The first-order valence-corrected chi connectivity index (χ1v) is 5.23. The fraction of sp³-hybridized carbons (Fsp3) is 0.700. The van der Waals surface area contributed by atoms with Crippen LogP contribution < -0.4 is 5.32 Å². The molecule has 0 aliphatic heterocycles. The van der Waals surface area contributed by atoms with Crippen molar-refractivity contribution in [2.45, 2.75) is 37.9 Å². The minimum atomic E-state index is 0.220. The van der Waals surface area contributed by atoms with Crippen molar-refractivity contribution >= 4 is 0 Å². The summed E-state index contributed by atoms with van der Waals surface area (Å²) in [5.74, 6) is 0. The normalized spacial score (nSPS) is 18.4. The van der Waals surface area contributed by atoms with E-state index in [0.29, 0.717) is 6.04 Å². The highest BCUT2D eigenvalue weighted by Gasteiger charge is 2.23. The van der Waals surface area contributed by atoms with Gasteiger partial charge in [-0.2, -0.15) is 5.10 Å². The van der Waals surface area contributed by atoms with Crippen molar-refractivity contribution in [1.29, 1.82) is 0 Å². The monoisotopic (exact) mass is 195 g/mol. The second-order valence-electron chi connectivity index (χ2n) is 3.88. The van der Waals surface area contributed by atoms with E-state index >= 15 is 0 Å². The Labute approximate surface area is 83.9 Å². The Morgan fingerprint density at radius 3 is 3.00 bits per heavy atom. The fourth-order valence-corrected chi connectivity index (χ4v) is 1.53. The van der Waals surface area contributed by atoms with E-state index in [1.54, 1.807) is 6.20 Å².